The van der Waals surface area contributed by atoms with Gasteiger partial charge in [-0.2, -0.15) is 0 Å². The number of hydrogen-bond acceptors (Lipinski definition) is 3. The molecule has 88 valence electrons. The summed E-state index contributed by atoms with van der Waals surface area (Å²) in [5, 5.41) is 0.554. The summed E-state index contributed by atoms with van der Waals surface area (Å²) in [6.45, 7) is 2.72. The highest BCUT2D eigenvalue weighted by Gasteiger charge is 2.28. The maximum atomic E-state index is 5.76. The molecule has 1 saturated carbocycles. The summed E-state index contributed by atoms with van der Waals surface area (Å²) in [4.78, 5) is 6.55. The van der Waals surface area contributed by atoms with Gasteiger partial charge in [-0.15, -0.1) is 0 Å². The van der Waals surface area contributed by atoms with Gasteiger partial charge in [-0.25, -0.2) is 4.98 Å². The molecule has 1 aliphatic carbocycles. The van der Waals surface area contributed by atoms with Gasteiger partial charge < -0.3 is 4.74 Å². The third kappa shape index (κ3) is 3.44. The first-order valence-corrected chi connectivity index (χ1v) is 6.01. The second-order valence-corrected chi connectivity index (χ2v) is 4.57. The first-order valence-electron chi connectivity index (χ1n) is 5.63. The summed E-state index contributed by atoms with van der Waals surface area (Å²) in [5.74, 6) is 0. The molecule has 0 aromatic carbocycles. The Morgan fingerprint density at radius 2 is 2.31 bits per heavy atom. The predicted molar refractivity (Wildman–Crippen MR) is 64.6 cm³/mol. The highest BCUT2D eigenvalue weighted by atomic mass is 35.5. The summed E-state index contributed by atoms with van der Waals surface area (Å²) in [6.07, 6.45) is 4.47. The Balaban J connectivity index is 1.91. The van der Waals surface area contributed by atoms with Crippen molar-refractivity contribution in [2.24, 2.45) is 0 Å². The van der Waals surface area contributed by atoms with Gasteiger partial charge >= 0.3 is 0 Å². The second kappa shape index (κ2) is 5.62. The van der Waals surface area contributed by atoms with Gasteiger partial charge in [-0.05, 0) is 24.5 Å². The summed E-state index contributed by atoms with van der Waals surface area (Å²) < 4.78 is 5.13. The van der Waals surface area contributed by atoms with Crippen LogP contribution in [0.4, 0.5) is 0 Å². The van der Waals surface area contributed by atoms with Crippen molar-refractivity contribution < 1.29 is 4.74 Å². The molecule has 4 heteroatoms. The zero-order valence-corrected chi connectivity index (χ0v) is 10.3. The van der Waals surface area contributed by atoms with Crippen LogP contribution in [0.2, 0.25) is 5.15 Å². The lowest BCUT2D eigenvalue weighted by molar-refractivity contribution is 0.139. The van der Waals surface area contributed by atoms with Gasteiger partial charge in [0.1, 0.15) is 5.15 Å². The number of pyridine rings is 1. The van der Waals surface area contributed by atoms with Gasteiger partial charge in [0.2, 0.25) is 0 Å². The molecule has 0 unspecified atom stereocenters. The molecule has 1 aromatic heterocycles. The SMILES string of the molecule is COCCN(Cc1ccc(Cl)nc1)C1CC1. The number of aromatic nitrogens is 1. The summed E-state index contributed by atoms with van der Waals surface area (Å²) in [7, 11) is 1.74. The number of rotatable bonds is 6. The molecular weight excluding hydrogens is 224 g/mol. The maximum absolute atomic E-state index is 5.76. The molecule has 3 nitrogen and oxygen atoms in total. The van der Waals surface area contributed by atoms with Gasteiger partial charge in [0.05, 0.1) is 6.61 Å². The fourth-order valence-corrected chi connectivity index (χ4v) is 1.89. The molecule has 0 aliphatic heterocycles. The first-order chi connectivity index (χ1) is 7.79. The van der Waals surface area contributed by atoms with E-state index in [1.807, 2.05) is 18.3 Å². The Bertz CT molecular complexity index is 324. The summed E-state index contributed by atoms with van der Waals surface area (Å²) in [5.41, 5.74) is 1.22. The quantitative estimate of drug-likeness (QED) is 0.714. The van der Waals surface area contributed by atoms with Crippen molar-refractivity contribution in [3.8, 4) is 0 Å². The Morgan fingerprint density at radius 1 is 1.50 bits per heavy atom. The maximum Gasteiger partial charge on any atom is 0.129 e. The standard InChI is InChI=1S/C12H17ClN2O/c1-16-7-6-15(11-3-4-11)9-10-2-5-12(13)14-8-10/h2,5,8,11H,3-4,6-7,9H2,1H3. The topological polar surface area (TPSA) is 25.4 Å². The summed E-state index contributed by atoms with van der Waals surface area (Å²) in [6, 6.07) is 4.63. The van der Waals surface area contributed by atoms with Crippen molar-refractivity contribution in [3.05, 3.63) is 29.0 Å². The number of methoxy groups -OCH3 is 1. The van der Waals surface area contributed by atoms with Gasteiger partial charge in [0, 0.05) is 32.4 Å². The number of nitrogens with zero attached hydrogens (tertiary/aromatic N) is 2. The van der Waals surface area contributed by atoms with Crippen LogP contribution in [0.1, 0.15) is 18.4 Å². The minimum atomic E-state index is 0.554. The van der Waals surface area contributed by atoms with Crippen molar-refractivity contribution >= 4 is 11.6 Å². The third-order valence-electron chi connectivity index (χ3n) is 2.82. The Labute approximate surface area is 101 Å². The molecule has 0 atom stereocenters. The average molecular weight is 241 g/mol. The molecule has 0 N–H and O–H groups in total. The van der Waals surface area contributed by atoms with E-state index >= 15 is 0 Å². The molecule has 1 fully saturated rings. The molecular formula is C12H17ClN2O. The average Bonchev–Trinajstić information content (AvgIpc) is 3.11. The molecule has 2 rings (SSSR count). The zero-order valence-electron chi connectivity index (χ0n) is 9.53. The van der Waals surface area contributed by atoms with E-state index in [2.05, 4.69) is 9.88 Å². The summed E-state index contributed by atoms with van der Waals surface area (Å²) >= 11 is 5.76. The van der Waals surface area contributed by atoms with Crippen molar-refractivity contribution in [1.82, 2.24) is 9.88 Å². The largest absolute Gasteiger partial charge is 0.383 e. The van der Waals surface area contributed by atoms with Gasteiger partial charge in [0.15, 0.2) is 0 Å². The van der Waals surface area contributed by atoms with E-state index in [4.69, 9.17) is 16.3 Å². The van der Waals surface area contributed by atoms with Gasteiger partial charge in [0.25, 0.3) is 0 Å². The normalized spacial score (nSPS) is 15.7. The number of hydrogen-bond donors (Lipinski definition) is 0. The van der Waals surface area contributed by atoms with Crippen molar-refractivity contribution in [3.63, 3.8) is 0 Å². The molecule has 0 saturated heterocycles. The van der Waals surface area contributed by atoms with Crippen LogP contribution in [-0.2, 0) is 11.3 Å². The van der Waals surface area contributed by atoms with E-state index < -0.39 is 0 Å². The van der Waals surface area contributed by atoms with Gasteiger partial charge in [-0.1, -0.05) is 17.7 Å². The molecule has 0 amide bonds. The van der Waals surface area contributed by atoms with Crippen LogP contribution >= 0.6 is 11.6 Å². The lowest BCUT2D eigenvalue weighted by Gasteiger charge is -2.21. The number of ether oxygens (including phenoxy) is 1. The van der Waals surface area contributed by atoms with Crippen molar-refractivity contribution in [2.75, 3.05) is 20.3 Å². The highest BCUT2D eigenvalue weighted by molar-refractivity contribution is 6.29. The predicted octanol–water partition coefficient (Wildman–Crippen LogP) is 2.35. The van der Waals surface area contributed by atoms with Crippen LogP contribution in [0.5, 0.6) is 0 Å². The molecule has 1 aliphatic rings. The Kier molecular flexibility index (Phi) is 4.16. The molecule has 16 heavy (non-hydrogen) atoms. The van der Waals surface area contributed by atoms with Crippen LogP contribution in [0.25, 0.3) is 0 Å². The third-order valence-corrected chi connectivity index (χ3v) is 3.04. The van der Waals surface area contributed by atoms with E-state index in [-0.39, 0.29) is 0 Å². The molecule has 0 spiro atoms. The zero-order chi connectivity index (χ0) is 11.4. The van der Waals surface area contributed by atoms with Crippen molar-refractivity contribution in [1.29, 1.82) is 0 Å². The molecule has 0 bridgehead atoms. The molecule has 1 aromatic rings. The van der Waals surface area contributed by atoms with Crippen LogP contribution in [0.15, 0.2) is 18.3 Å². The minimum Gasteiger partial charge on any atom is -0.383 e. The van der Waals surface area contributed by atoms with Gasteiger partial charge in [-0.3, -0.25) is 4.90 Å². The van der Waals surface area contributed by atoms with E-state index in [0.717, 1.165) is 25.7 Å². The second-order valence-electron chi connectivity index (χ2n) is 4.18. The van der Waals surface area contributed by atoms with E-state index in [9.17, 15) is 0 Å². The van der Waals surface area contributed by atoms with E-state index in [1.165, 1.54) is 18.4 Å². The molecule has 0 radical (unpaired) electrons. The van der Waals surface area contributed by atoms with Crippen LogP contribution < -0.4 is 0 Å². The smallest absolute Gasteiger partial charge is 0.129 e. The van der Waals surface area contributed by atoms with Crippen LogP contribution in [-0.4, -0.2) is 36.2 Å². The fourth-order valence-electron chi connectivity index (χ4n) is 1.77. The van der Waals surface area contributed by atoms with Crippen LogP contribution in [0, 0.1) is 0 Å². The Morgan fingerprint density at radius 3 is 2.88 bits per heavy atom. The molecule has 1 heterocycles. The first kappa shape index (κ1) is 11.8. The lowest BCUT2D eigenvalue weighted by Crippen LogP contribution is -2.29. The van der Waals surface area contributed by atoms with E-state index in [1.54, 1.807) is 7.11 Å². The number of halogens is 1. The minimum absolute atomic E-state index is 0.554. The monoisotopic (exact) mass is 240 g/mol. The van der Waals surface area contributed by atoms with E-state index in [0.29, 0.717) is 5.15 Å². The highest BCUT2D eigenvalue weighted by Crippen LogP contribution is 2.27. The van der Waals surface area contributed by atoms with Crippen molar-refractivity contribution in [2.45, 2.75) is 25.4 Å². The Hall–Kier alpha value is -0.640. The fraction of sp³-hybridized carbons (Fsp3) is 0.583. The van der Waals surface area contributed by atoms with Crippen LogP contribution in [0.3, 0.4) is 0 Å². The lowest BCUT2D eigenvalue weighted by atomic mass is 10.2.